The lowest BCUT2D eigenvalue weighted by atomic mass is 9.72. The Hall–Kier alpha value is -2.08. The number of carbonyl (C=O) groups is 2. The van der Waals surface area contributed by atoms with Crippen LogP contribution in [-0.4, -0.2) is 46.7 Å². The van der Waals surface area contributed by atoms with Crippen molar-refractivity contribution in [3.05, 3.63) is 29.8 Å². The average molecular weight is 417 g/mol. The molecule has 166 valence electrons. The quantitative estimate of drug-likeness (QED) is 0.631. The van der Waals surface area contributed by atoms with Gasteiger partial charge in [0.15, 0.2) is 0 Å². The molecule has 2 unspecified atom stereocenters. The minimum Gasteiger partial charge on any atom is -0.491 e. The van der Waals surface area contributed by atoms with Crippen molar-refractivity contribution in [2.75, 3.05) is 13.2 Å². The van der Waals surface area contributed by atoms with Crippen molar-refractivity contribution in [2.45, 2.75) is 77.9 Å². The number of hydrogen-bond donors (Lipinski definition) is 2. The molecule has 1 saturated heterocycles. The predicted molar refractivity (Wildman–Crippen MR) is 116 cm³/mol. The molecule has 6 nitrogen and oxygen atoms in total. The highest BCUT2D eigenvalue weighted by Gasteiger charge is 2.56. The lowest BCUT2D eigenvalue weighted by molar-refractivity contribution is -0.132. The SMILES string of the molecule is CC(C)(C)CC(C)(C)c1ccc(OCC(O)CN2C(=O)NC(C)(C3CC3)C2=O)cc1. The van der Waals surface area contributed by atoms with Crippen LogP contribution in [0.4, 0.5) is 4.79 Å². The molecule has 1 aromatic carbocycles. The molecule has 1 heterocycles. The molecule has 2 atom stereocenters. The van der Waals surface area contributed by atoms with Gasteiger partial charge in [0, 0.05) is 0 Å². The molecular formula is C24H36N2O4. The van der Waals surface area contributed by atoms with Crippen LogP contribution in [0.2, 0.25) is 0 Å². The fraction of sp³-hybridized carbons (Fsp3) is 0.667. The van der Waals surface area contributed by atoms with E-state index in [1.807, 2.05) is 12.1 Å². The largest absolute Gasteiger partial charge is 0.491 e. The normalized spacial score (nSPS) is 23.5. The molecule has 2 fully saturated rings. The number of benzene rings is 1. The second-order valence-corrected chi connectivity index (χ2v) is 10.9. The Bertz CT molecular complexity index is 792. The summed E-state index contributed by atoms with van der Waals surface area (Å²) < 4.78 is 5.71. The second-order valence-electron chi connectivity index (χ2n) is 10.9. The third-order valence-electron chi connectivity index (χ3n) is 6.14. The Kier molecular flexibility index (Phi) is 5.93. The Morgan fingerprint density at radius 2 is 1.77 bits per heavy atom. The Morgan fingerprint density at radius 1 is 1.17 bits per heavy atom. The lowest BCUT2D eigenvalue weighted by Crippen LogP contribution is -2.46. The van der Waals surface area contributed by atoms with Gasteiger partial charge in [0.05, 0.1) is 6.54 Å². The number of β-amino-alcohol motifs (C(OH)–C–C–N with tert-alkyl or cyclic N) is 1. The molecule has 0 bridgehead atoms. The Morgan fingerprint density at radius 3 is 2.30 bits per heavy atom. The summed E-state index contributed by atoms with van der Waals surface area (Å²) in [6.45, 7) is 12.9. The molecule has 1 saturated carbocycles. The zero-order valence-corrected chi connectivity index (χ0v) is 19.1. The van der Waals surface area contributed by atoms with Gasteiger partial charge in [-0.15, -0.1) is 0 Å². The van der Waals surface area contributed by atoms with E-state index < -0.39 is 17.7 Å². The van der Waals surface area contributed by atoms with Gasteiger partial charge in [-0.25, -0.2) is 4.79 Å². The van der Waals surface area contributed by atoms with Crippen LogP contribution in [0.3, 0.4) is 0 Å². The minimum absolute atomic E-state index is 0.0158. The van der Waals surface area contributed by atoms with Gasteiger partial charge in [0.2, 0.25) is 0 Å². The summed E-state index contributed by atoms with van der Waals surface area (Å²) in [5.74, 6) is 0.609. The fourth-order valence-corrected chi connectivity index (χ4v) is 4.70. The summed E-state index contributed by atoms with van der Waals surface area (Å²) in [6.07, 6.45) is 2.01. The highest BCUT2D eigenvalue weighted by atomic mass is 16.5. The van der Waals surface area contributed by atoms with Crippen molar-refractivity contribution < 1.29 is 19.4 Å². The van der Waals surface area contributed by atoms with Gasteiger partial charge >= 0.3 is 6.03 Å². The van der Waals surface area contributed by atoms with Crippen LogP contribution in [0.1, 0.15) is 66.4 Å². The van der Waals surface area contributed by atoms with Crippen LogP contribution in [0.5, 0.6) is 5.75 Å². The summed E-state index contributed by atoms with van der Waals surface area (Å²) in [5.41, 5.74) is 0.697. The molecule has 0 spiro atoms. The van der Waals surface area contributed by atoms with Crippen molar-refractivity contribution in [3.8, 4) is 5.75 Å². The highest BCUT2D eigenvalue weighted by Crippen LogP contribution is 2.42. The molecule has 1 aromatic rings. The third-order valence-corrected chi connectivity index (χ3v) is 6.14. The number of ether oxygens (including phenoxy) is 1. The van der Waals surface area contributed by atoms with Gasteiger partial charge in [-0.3, -0.25) is 9.69 Å². The summed E-state index contributed by atoms with van der Waals surface area (Å²) in [7, 11) is 0. The topological polar surface area (TPSA) is 78.9 Å². The lowest BCUT2D eigenvalue weighted by Gasteiger charge is -2.33. The number of aliphatic hydroxyl groups is 1. The highest BCUT2D eigenvalue weighted by molar-refractivity contribution is 6.07. The monoisotopic (exact) mass is 416 g/mol. The van der Waals surface area contributed by atoms with E-state index in [9.17, 15) is 14.7 Å². The maximum Gasteiger partial charge on any atom is 0.325 e. The average Bonchev–Trinajstić information content (AvgIpc) is 3.44. The van der Waals surface area contributed by atoms with E-state index in [4.69, 9.17) is 4.74 Å². The number of nitrogens with one attached hydrogen (secondary N) is 1. The summed E-state index contributed by atoms with van der Waals surface area (Å²) in [4.78, 5) is 26.0. The summed E-state index contributed by atoms with van der Waals surface area (Å²) >= 11 is 0. The second kappa shape index (κ2) is 7.88. The van der Waals surface area contributed by atoms with Gasteiger partial charge in [-0.05, 0) is 60.6 Å². The van der Waals surface area contributed by atoms with E-state index in [2.05, 4.69) is 52.1 Å². The number of urea groups is 1. The molecule has 30 heavy (non-hydrogen) atoms. The first-order valence-corrected chi connectivity index (χ1v) is 10.9. The van der Waals surface area contributed by atoms with Crippen LogP contribution in [-0.2, 0) is 10.2 Å². The maximum absolute atomic E-state index is 12.6. The van der Waals surface area contributed by atoms with Gasteiger partial charge in [-0.2, -0.15) is 0 Å². The van der Waals surface area contributed by atoms with E-state index in [0.29, 0.717) is 5.75 Å². The van der Waals surface area contributed by atoms with Gasteiger partial charge in [0.25, 0.3) is 5.91 Å². The first-order chi connectivity index (χ1) is 13.8. The third kappa shape index (κ3) is 4.97. The van der Waals surface area contributed by atoms with Gasteiger partial charge in [0.1, 0.15) is 24.0 Å². The standard InChI is InChI=1S/C24H36N2O4/c1-22(2,3)15-23(4,5)16-9-11-19(12-10-16)30-14-18(27)13-26-20(28)24(6,17-7-8-17)25-21(26)29/h9-12,17-18,27H,7-8,13-15H2,1-6H3,(H,25,29). The number of amides is 3. The van der Waals surface area contributed by atoms with Crippen LogP contribution in [0.25, 0.3) is 0 Å². The maximum atomic E-state index is 12.6. The van der Waals surface area contributed by atoms with Crippen molar-refractivity contribution in [2.24, 2.45) is 11.3 Å². The molecule has 0 radical (unpaired) electrons. The van der Waals surface area contributed by atoms with Crippen molar-refractivity contribution in [1.82, 2.24) is 10.2 Å². The van der Waals surface area contributed by atoms with Crippen LogP contribution >= 0.6 is 0 Å². The van der Waals surface area contributed by atoms with Crippen LogP contribution < -0.4 is 10.1 Å². The number of hydrogen-bond acceptors (Lipinski definition) is 4. The first-order valence-electron chi connectivity index (χ1n) is 10.9. The fourth-order valence-electron chi connectivity index (χ4n) is 4.70. The summed E-state index contributed by atoms with van der Waals surface area (Å²) in [6, 6.07) is 7.51. The number of rotatable bonds is 8. The molecule has 1 aliphatic carbocycles. The number of aliphatic hydroxyl groups excluding tert-OH is 1. The van der Waals surface area contributed by atoms with E-state index >= 15 is 0 Å². The van der Waals surface area contributed by atoms with E-state index in [0.717, 1.165) is 24.2 Å². The molecule has 0 aromatic heterocycles. The molecule has 3 amide bonds. The zero-order valence-electron chi connectivity index (χ0n) is 19.1. The molecule has 2 aliphatic rings. The van der Waals surface area contributed by atoms with Crippen LogP contribution in [0, 0.1) is 11.3 Å². The predicted octanol–water partition coefficient (Wildman–Crippen LogP) is 3.86. The number of imide groups is 1. The zero-order chi connectivity index (χ0) is 22.3. The first kappa shape index (κ1) is 22.6. The van der Waals surface area contributed by atoms with Crippen molar-refractivity contribution in [3.63, 3.8) is 0 Å². The molecular weight excluding hydrogens is 380 g/mol. The van der Waals surface area contributed by atoms with Crippen molar-refractivity contribution >= 4 is 11.9 Å². The van der Waals surface area contributed by atoms with E-state index in [1.54, 1.807) is 6.92 Å². The van der Waals surface area contributed by atoms with Gasteiger partial charge in [-0.1, -0.05) is 46.8 Å². The number of nitrogens with zero attached hydrogens (tertiary/aromatic N) is 1. The van der Waals surface area contributed by atoms with Gasteiger partial charge < -0.3 is 15.2 Å². The Labute approximate surface area is 180 Å². The Balaban J connectivity index is 1.53. The van der Waals surface area contributed by atoms with Crippen molar-refractivity contribution in [1.29, 1.82) is 0 Å². The molecule has 2 N–H and O–H groups in total. The van der Waals surface area contributed by atoms with E-state index in [1.165, 1.54) is 5.56 Å². The minimum atomic E-state index is -0.946. The summed E-state index contributed by atoms with van der Waals surface area (Å²) in [5, 5.41) is 13.1. The number of carbonyl (C=O) groups excluding carboxylic acids is 2. The molecule has 1 aliphatic heterocycles. The van der Waals surface area contributed by atoms with E-state index in [-0.39, 0.29) is 35.8 Å². The molecule has 6 heteroatoms. The molecule has 3 rings (SSSR count). The smallest absolute Gasteiger partial charge is 0.325 e. The van der Waals surface area contributed by atoms with Crippen LogP contribution in [0.15, 0.2) is 24.3 Å².